The minimum atomic E-state index is -1.10. The van der Waals surface area contributed by atoms with E-state index in [4.69, 9.17) is 5.73 Å². The van der Waals surface area contributed by atoms with Gasteiger partial charge in [-0.15, -0.1) is 11.8 Å². The van der Waals surface area contributed by atoms with Crippen molar-refractivity contribution < 1.29 is 24.6 Å². The second kappa shape index (κ2) is 6.58. The standard InChI is InChI=1S/C18H19N3O5S/c19-12(9-3-5-10(22)6-4-9)15(23)20-13-16(24)21-14(18(25)26)11(8-1-2-8)7-27-17(13)21/h3-6,8,12-13,17,22H,1-2,7,19H2,(H,20,23)(H,25,26)/t12-,13-,17-/m1/s1. The first-order chi connectivity index (χ1) is 12.9. The van der Waals surface area contributed by atoms with Gasteiger partial charge in [-0.1, -0.05) is 12.1 Å². The maximum absolute atomic E-state index is 12.6. The Bertz CT molecular complexity index is 849. The molecule has 0 radical (unpaired) electrons. The first-order valence-electron chi connectivity index (χ1n) is 8.64. The molecule has 1 aromatic carbocycles. The monoisotopic (exact) mass is 389 g/mol. The number of hydrogen-bond donors (Lipinski definition) is 4. The molecule has 0 bridgehead atoms. The maximum Gasteiger partial charge on any atom is 0.352 e. The average Bonchev–Trinajstić information content (AvgIpc) is 3.49. The summed E-state index contributed by atoms with van der Waals surface area (Å²) in [5, 5.41) is 21.1. The molecule has 3 aliphatic rings. The van der Waals surface area contributed by atoms with E-state index in [1.54, 1.807) is 0 Å². The molecule has 2 amide bonds. The maximum atomic E-state index is 12.6. The number of carbonyl (C=O) groups excluding carboxylic acids is 2. The Morgan fingerprint density at radius 3 is 2.52 bits per heavy atom. The lowest BCUT2D eigenvalue weighted by atomic mass is 10.00. The summed E-state index contributed by atoms with van der Waals surface area (Å²) in [5.41, 5.74) is 7.36. The van der Waals surface area contributed by atoms with E-state index < -0.39 is 35.2 Å². The molecule has 142 valence electrons. The zero-order chi connectivity index (χ0) is 19.3. The van der Waals surface area contributed by atoms with Crippen LogP contribution in [0.5, 0.6) is 5.75 Å². The SMILES string of the molecule is N[C@@H](C(=O)N[C@@H]1C(=O)N2C(C(=O)O)=C(C3CC3)CS[C@H]12)c1ccc(O)cc1. The highest BCUT2D eigenvalue weighted by atomic mass is 32.2. The third kappa shape index (κ3) is 3.06. The summed E-state index contributed by atoms with van der Waals surface area (Å²) in [7, 11) is 0. The van der Waals surface area contributed by atoms with E-state index in [-0.39, 0.29) is 17.4 Å². The predicted molar refractivity (Wildman–Crippen MR) is 97.4 cm³/mol. The van der Waals surface area contributed by atoms with Gasteiger partial charge >= 0.3 is 5.97 Å². The van der Waals surface area contributed by atoms with Crippen LogP contribution in [0.15, 0.2) is 35.5 Å². The smallest absolute Gasteiger partial charge is 0.352 e. The molecular weight excluding hydrogens is 370 g/mol. The van der Waals surface area contributed by atoms with Crippen LogP contribution in [-0.2, 0) is 14.4 Å². The molecule has 0 aromatic heterocycles. The van der Waals surface area contributed by atoms with Crippen molar-refractivity contribution in [1.82, 2.24) is 10.2 Å². The molecule has 2 aliphatic heterocycles. The number of fused-ring (bicyclic) bond motifs is 1. The molecule has 1 saturated heterocycles. The fourth-order valence-electron chi connectivity index (χ4n) is 3.46. The molecule has 5 N–H and O–H groups in total. The summed E-state index contributed by atoms with van der Waals surface area (Å²) in [6.07, 6.45) is 1.92. The van der Waals surface area contributed by atoms with E-state index in [0.717, 1.165) is 18.4 Å². The second-order valence-corrected chi connectivity index (χ2v) is 8.02. The molecule has 1 saturated carbocycles. The van der Waals surface area contributed by atoms with Gasteiger partial charge in [0.05, 0.1) is 0 Å². The Balaban J connectivity index is 1.48. The first-order valence-corrected chi connectivity index (χ1v) is 9.69. The second-order valence-electron chi connectivity index (χ2n) is 6.92. The van der Waals surface area contributed by atoms with Crippen molar-refractivity contribution in [3.8, 4) is 5.75 Å². The van der Waals surface area contributed by atoms with Gasteiger partial charge in [-0.3, -0.25) is 14.5 Å². The summed E-state index contributed by atoms with van der Waals surface area (Å²) in [6, 6.07) is 4.16. The van der Waals surface area contributed by atoms with Gasteiger partial charge in [0.2, 0.25) is 5.91 Å². The van der Waals surface area contributed by atoms with E-state index in [1.165, 1.54) is 40.9 Å². The summed E-state index contributed by atoms with van der Waals surface area (Å²) in [6.45, 7) is 0. The van der Waals surface area contributed by atoms with E-state index >= 15 is 0 Å². The number of aliphatic carboxylic acids is 1. The van der Waals surface area contributed by atoms with Crippen LogP contribution >= 0.6 is 11.8 Å². The number of amides is 2. The molecule has 2 fully saturated rings. The van der Waals surface area contributed by atoms with E-state index in [1.807, 2.05) is 0 Å². The highest BCUT2D eigenvalue weighted by Gasteiger charge is 2.55. The van der Waals surface area contributed by atoms with Gasteiger partial charge in [0.25, 0.3) is 5.91 Å². The number of carbonyl (C=O) groups is 3. The third-order valence-corrected chi connectivity index (χ3v) is 6.41. The lowest BCUT2D eigenvalue weighted by molar-refractivity contribution is -0.150. The van der Waals surface area contributed by atoms with E-state index in [2.05, 4.69) is 5.32 Å². The number of thioether (sulfide) groups is 1. The number of hydrogen-bond acceptors (Lipinski definition) is 6. The van der Waals surface area contributed by atoms with Crippen LogP contribution in [-0.4, -0.2) is 50.1 Å². The Kier molecular flexibility index (Phi) is 4.35. The number of carboxylic acids is 1. The topological polar surface area (TPSA) is 133 Å². The van der Waals surface area contributed by atoms with E-state index in [0.29, 0.717) is 11.3 Å². The van der Waals surface area contributed by atoms with Crippen molar-refractivity contribution in [1.29, 1.82) is 0 Å². The Morgan fingerprint density at radius 1 is 1.26 bits per heavy atom. The molecule has 27 heavy (non-hydrogen) atoms. The van der Waals surface area contributed by atoms with Gasteiger partial charge < -0.3 is 21.3 Å². The van der Waals surface area contributed by atoms with Gasteiger partial charge in [-0.2, -0.15) is 0 Å². The lowest BCUT2D eigenvalue weighted by Gasteiger charge is -2.49. The predicted octanol–water partition coefficient (Wildman–Crippen LogP) is 0.541. The van der Waals surface area contributed by atoms with Crippen LogP contribution in [0.25, 0.3) is 0 Å². The number of nitrogens with two attached hydrogens (primary N) is 1. The molecule has 1 aliphatic carbocycles. The molecule has 8 nitrogen and oxygen atoms in total. The average molecular weight is 389 g/mol. The molecule has 4 rings (SSSR count). The van der Waals surface area contributed by atoms with Crippen LogP contribution in [0.2, 0.25) is 0 Å². The van der Waals surface area contributed by atoms with Crippen molar-refractivity contribution in [3.05, 3.63) is 41.1 Å². The molecule has 1 aromatic rings. The van der Waals surface area contributed by atoms with Gasteiger partial charge in [-0.05, 0) is 42.0 Å². The number of phenolic OH excluding ortho intramolecular Hbond substituents is 1. The largest absolute Gasteiger partial charge is 0.508 e. The molecule has 0 spiro atoms. The number of phenols is 1. The van der Waals surface area contributed by atoms with E-state index in [9.17, 15) is 24.6 Å². The molecule has 2 heterocycles. The van der Waals surface area contributed by atoms with Crippen LogP contribution in [0.1, 0.15) is 24.4 Å². The molecular formula is C18H19N3O5S. The van der Waals surface area contributed by atoms with Crippen molar-refractivity contribution in [2.24, 2.45) is 11.7 Å². The molecule has 0 unspecified atom stereocenters. The zero-order valence-corrected chi connectivity index (χ0v) is 15.1. The lowest BCUT2D eigenvalue weighted by Crippen LogP contribution is -2.71. The minimum absolute atomic E-state index is 0.0641. The number of β-lactam (4-membered cyclic amide) rings is 1. The van der Waals surface area contributed by atoms with Crippen molar-refractivity contribution in [2.45, 2.75) is 30.3 Å². The number of rotatable bonds is 5. The van der Waals surface area contributed by atoms with Crippen LogP contribution < -0.4 is 11.1 Å². The van der Waals surface area contributed by atoms with Crippen molar-refractivity contribution in [2.75, 3.05) is 5.75 Å². The fraction of sp³-hybridized carbons (Fsp3) is 0.389. The number of aromatic hydroxyl groups is 1. The Hall–Kier alpha value is -2.52. The number of nitrogens with one attached hydrogen (secondary N) is 1. The molecule has 9 heteroatoms. The Labute approximate surface area is 159 Å². The van der Waals surface area contributed by atoms with Crippen molar-refractivity contribution >= 4 is 29.5 Å². The number of benzene rings is 1. The Morgan fingerprint density at radius 2 is 1.93 bits per heavy atom. The van der Waals surface area contributed by atoms with Crippen LogP contribution in [0.3, 0.4) is 0 Å². The van der Waals surface area contributed by atoms with Crippen LogP contribution in [0, 0.1) is 5.92 Å². The zero-order valence-electron chi connectivity index (χ0n) is 14.3. The summed E-state index contributed by atoms with van der Waals surface area (Å²) in [5.74, 6) is -1.16. The third-order valence-electron chi connectivity index (χ3n) is 5.10. The van der Waals surface area contributed by atoms with Gasteiger partial charge in [0.15, 0.2) is 0 Å². The summed E-state index contributed by atoms with van der Waals surface area (Å²) in [4.78, 5) is 38.0. The fourth-order valence-corrected chi connectivity index (χ4v) is 4.92. The molecule has 3 atom stereocenters. The van der Waals surface area contributed by atoms with Gasteiger partial charge in [0.1, 0.15) is 28.9 Å². The summed E-state index contributed by atoms with van der Waals surface area (Å²) >= 11 is 1.47. The minimum Gasteiger partial charge on any atom is -0.508 e. The van der Waals surface area contributed by atoms with Gasteiger partial charge in [-0.25, -0.2) is 4.79 Å². The highest BCUT2D eigenvalue weighted by Crippen LogP contribution is 2.48. The first kappa shape index (κ1) is 17.9. The van der Waals surface area contributed by atoms with Gasteiger partial charge in [0, 0.05) is 5.75 Å². The van der Waals surface area contributed by atoms with Crippen LogP contribution in [0.4, 0.5) is 0 Å². The van der Waals surface area contributed by atoms with Crippen molar-refractivity contribution in [3.63, 3.8) is 0 Å². The summed E-state index contributed by atoms with van der Waals surface area (Å²) < 4.78 is 0. The normalized spacial score (nSPS) is 25.5. The number of carboxylic acid groups (broad SMARTS) is 1. The highest BCUT2D eigenvalue weighted by molar-refractivity contribution is 8.00. The number of nitrogens with zero attached hydrogens (tertiary/aromatic N) is 1. The quantitative estimate of drug-likeness (QED) is 0.540.